The summed E-state index contributed by atoms with van der Waals surface area (Å²) in [7, 11) is -4.76. The molecule has 0 aromatic heterocycles. The van der Waals surface area contributed by atoms with Crippen LogP contribution in [0.2, 0.25) is 0 Å². The van der Waals surface area contributed by atoms with E-state index in [1.165, 1.54) is 141 Å². The van der Waals surface area contributed by atoms with Crippen LogP contribution in [0.15, 0.2) is 36.5 Å². The van der Waals surface area contributed by atoms with Gasteiger partial charge in [-0.25, -0.2) is 4.57 Å². The van der Waals surface area contributed by atoms with Gasteiger partial charge in [0.05, 0.1) is 6.61 Å². The average molecular weight is 811 g/mol. The first-order chi connectivity index (χ1) is 27.3. The molecule has 8 nitrogen and oxygen atoms in total. The maximum absolute atomic E-state index is 12.4. The fraction of sp³-hybridized carbons (Fsp3) is 0.830. The number of unbranched alkanes of at least 4 members (excludes halogenated alkanes) is 27. The molecule has 0 aliphatic heterocycles. The van der Waals surface area contributed by atoms with E-state index in [-0.39, 0.29) is 19.4 Å². The number of phosphoric ester groups is 1. The Bertz CT molecular complexity index is 1000. The Labute approximate surface area is 344 Å². The minimum Gasteiger partial charge on any atom is -0.462 e. The van der Waals surface area contributed by atoms with Crippen LogP contribution in [0.5, 0.6) is 0 Å². The summed E-state index contributed by atoms with van der Waals surface area (Å²) in [5.74, 6) is -0.885. The van der Waals surface area contributed by atoms with E-state index >= 15 is 0 Å². The van der Waals surface area contributed by atoms with Crippen molar-refractivity contribution in [3.8, 4) is 0 Å². The van der Waals surface area contributed by atoms with Crippen molar-refractivity contribution in [1.29, 1.82) is 0 Å². The van der Waals surface area contributed by atoms with Crippen molar-refractivity contribution in [2.75, 3.05) is 13.2 Å². The van der Waals surface area contributed by atoms with Gasteiger partial charge in [-0.3, -0.25) is 14.1 Å². The molecule has 0 radical (unpaired) electrons. The van der Waals surface area contributed by atoms with Crippen LogP contribution in [-0.2, 0) is 28.2 Å². The van der Waals surface area contributed by atoms with Gasteiger partial charge in [0.15, 0.2) is 6.10 Å². The van der Waals surface area contributed by atoms with E-state index in [0.717, 1.165) is 57.8 Å². The Morgan fingerprint density at radius 2 is 0.804 bits per heavy atom. The first-order valence-electron chi connectivity index (χ1n) is 23.3. The number of allylic oxidation sites excluding steroid dienone is 6. The number of hydrogen-bond acceptors (Lipinski definition) is 6. The molecule has 0 bridgehead atoms. The molecule has 0 saturated carbocycles. The molecule has 56 heavy (non-hydrogen) atoms. The van der Waals surface area contributed by atoms with Crippen molar-refractivity contribution in [3.05, 3.63) is 36.5 Å². The number of esters is 2. The molecule has 0 spiro atoms. The Balaban J connectivity index is 3.86. The minimum absolute atomic E-state index is 0.210. The lowest BCUT2D eigenvalue weighted by molar-refractivity contribution is -0.161. The van der Waals surface area contributed by atoms with Crippen molar-refractivity contribution >= 4 is 19.8 Å². The Morgan fingerprint density at radius 1 is 0.464 bits per heavy atom. The van der Waals surface area contributed by atoms with Gasteiger partial charge in [-0.05, 0) is 70.6 Å². The fourth-order valence-corrected chi connectivity index (χ4v) is 6.99. The molecule has 0 aromatic rings. The van der Waals surface area contributed by atoms with E-state index in [9.17, 15) is 14.2 Å². The monoisotopic (exact) mass is 811 g/mol. The molecular formula is C47H87O8P. The van der Waals surface area contributed by atoms with E-state index in [1.54, 1.807) is 0 Å². The SMILES string of the molecule is CCCCC/C=C/C/C=C/CCCCCCCCCCCC(=O)OC[C@H](COP(=O)(O)O)OC(=O)CCCCCCCCCCC/C=C/CCCCCCCC. The predicted octanol–water partition coefficient (Wildman–Crippen LogP) is 14.5. The highest BCUT2D eigenvalue weighted by Gasteiger charge is 2.23. The zero-order chi connectivity index (χ0) is 41.1. The third-order valence-corrected chi connectivity index (χ3v) is 10.6. The fourth-order valence-electron chi connectivity index (χ4n) is 6.63. The smallest absolute Gasteiger partial charge is 0.462 e. The lowest BCUT2D eigenvalue weighted by Crippen LogP contribution is -2.29. The van der Waals surface area contributed by atoms with Crippen molar-refractivity contribution in [2.24, 2.45) is 0 Å². The first kappa shape index (κ1) is 54.3. The number of ether oxygens (including phenoxy) is 2. The zero-order valence-electron chi connectivity index (χ0n) is 36.3. The van der Waals surface area contributed by atoms with Gasteiger partial charge in [-0.15, -0.1) is 0 Å². The predicted molar refractivity (Wildman–Crippen MR) is 235 cm³/mol. The minimum atomic E-state index is -4.76. The molecule has 0 fully saturated rings. The summed E-state index contributed by atoms with van der Waals surface area (Å²) in [6.07, 6.45) is 51.5. The molecule has 0 aromatic carbocycles. The summed E-state index contributed by atoms with van der Waals surface area (Å²) < 4.78 is 26.5. The number of phosphoric acid groups is 1. The third-order valence-electron chi connectivity index (χ3n) is 10.1. The maximum atomic E-state index is 12.4. The molecule has 0 saturated heterocycles. The highest BCUT2D eigenvalue weighted by atomic mass is 31.2. The standard InChI is InChI=1S/C47H87O8P/c1-3-5-7-9-11-13-15-17-19-21-23-25-27-29-31-33-35-37-39-41-46(48)53-43-45(44-54-56(50,51)52)55-47(49)42-40-38-36-34-32-30-28-26-24-22-20-18-16-14-12-10-8-6-4-2/h11,13,17-20,45H,3-10,12,14-16,21-44H2,1-2H3,(H2,50,51,52)/b13-11+,19-17+,20-18+/t45-/m1/s1. The molecule has 328 valence electrons. The summed E-state index contributed by atoms with van der Waals surface area (Å²) in [5, 5.41) is 0. The summed E-state index contributed by atoms with van der Waals surface area (Å²) in [6, 6.07) is 0. The lowest BCUT2D eigenvalue weighted by Gasteiger charge is -2.18. The second-order valence-electron chi connectivity index (χ2n) is 15.7. The quantitative estimate of drug-likeness (QED) is 0.0270. The van der Waals surface area contributed by atoms with Gasteiger partial charge in [0.1, 0.15) is 6.61 Å². The molecule has 0 aliphatic carbocycles. The molecule has 1 atom stereocenters. The van der Waals surface area contributed by atoms with Crippen LogP contribution in [0.3, 0.4) is 0 Å². The Hall–Kier alpha value is -1.73. The maximum Gasteiger partial charge on any atom is 0.469 e. The Morgan fingerprint density at radius 3 is 1.23 bits per heavy atom. The van der Waals surface area contributed by atoms with Gasteiger partial charge < -0.3 is 19.3 Å². The van der Waals surface area contributed by atoms with Gasteiger partial charge in [0, 0.05) is 12.8 Å². The highest BCUT2D eigenvalue weighted by Crippen LogP contribution is 2.36. The van der Waals surface area contributed by atoms with Crippen molar-refractivity contribution < 1.29 is 37.9 Å². The normalized spacial score (nSPS) is 12.7. The number of carbonyl (C=O) groups is 2. The zero-order valence-corrected chi connectivity index (χ0v) is 37.2. The van der Waals surface area contributed by atoms with Crippen molar-refractivity contribution in [2.45, 2.75) is 238 Å². The van der Waals surface area contributed by atoms with Gasteiger partial charge in [-0.1, -0.05) is 185 Å². The largest absolute Gasteiger partial charge is 0.469 e. The molecule has 0 aliphatic rings. The van der Waals surface area contributed by atoms with Gasteiger partial charge >= 0.3 is 19.8 Å². The van der Waals surface area contributed by atoms with Crippen molar-refractivity contribution in [1.82, 2.24) is 0 Å². The van der Waals surface area contributed by atoms with E-state index < -0.39 is 32.5 Å². The van der Waals surface area contributed by atoms with Gasteiger partial charge in [-0.2, -0.15) is 0 Å². The molecule has 0 amide bonds. The number of carbonyl (C=O) groups excluding carboxylic acids is 2. The number of rotatable bonds is 43. The van der Waals surface area contributed by atoms with Gasteiger partial charge in [0.25, 0.3) is 0 Å². The van der Waals surface area contributed by atoms with Crippen LogP contribution >= 0.6 is 7.82 Å². The molecule has 0 heterocycles. The van der Waals surface area contributed by atoms with E-state index in [2.05, 4.69) is 54.8 Å². The molecule has 2 N–H and O–H groups in total. The molecule has 0 rings (SSSR count). The first-order valence-corrected chi connectivity index (χ1v) is 24.8. The van der Waals surface area contributed by atoms with Crippen molar-refractivity contribution in [3.63, 3.8) is 0 Å². The summed E-state index contributed by atoms with van der Waals surface area (Å²) in [5.41, 5.74) is 0. The van der Waals surface area contributed by atoms with Crippen LogP contribution in [0.1, 0.15) is 232 Å². The molecular weight excluding hydrogens is 723 g/mol. The van der Waals surface area contributed by atoms with Crippen LogP contribution in [0, 0.1) is 0 Å². The highest BCUT2D eigenvalue weighted by molar-refractivity contribution is 7.46. The van der Waals surface area contributed by atoms with Crippen LogP contribution in [-0.4, -0.2) is 41.0 Å². The van der Waals surface area contributed by atoms with Crippen LogP contribution in [0.4, 0.5) is 0 Å². The average Bonchev–Trinajstić information content (AvgIpc) is 3.17. The second kappa shape index (κ2) is 42.9. The second-order valence-corrected chi connectivity index (χ2v) is 17.0. The Kier molecular flexibility index (Phi) is 41.5. The summed E-state index contributed by atoms with van der Waals surface area (Å²) >= 11 is 0. The lowest BCUT2D eigenvalue weighted by atomic mass is 10.1. The van der Waals surface area contributed by atoms with E-state index in [0.29, 0.717) is 6.42 Å². The molecule has 0 unspecified atom stereocenters. The van der Waals surface area contributed by atoms with Crippen LogP contribution in [0.25, 0.3) is 0 Å². The molecule has 9 heteroatoms. The van der Waals surface area contributed by atoms with Crippen LogP contribution < -0.4 is 0 Å². The van der Waals surface area contributed by atoms with E-state index in [1.807, 2.05) is 0 Å². The summed E-state index contributed by atoms with van der Waals surface area (Å²) in [4.78, 5) is 43.0. The summed E-state index contributed by atoms with van der Waals surface area (Å²) in [6.45, 7) is 3.68. The van der Waals surface area contributed by atoms with E-state index in [4.69, 9.17) is 19.3 Å². The topological polar surface area (TPSA) is 119 Å². The number of hydrogen-bond donors (Lipinski definition) is 2. The van der Waals surface area contributed by atoms with Gasteiger partial charge in [0.2, 0.25) is 0 Å². The third kappa shape index (κ3) is 45.0.